The lowest BCUT2D eigenvalue weighted by Crippen LogP contribution is -2.12. The Morgan fingerprint density at radius 2 is 2.00 bits per heavy atom. The van der Waals surface area contributed by atoms with Crippen LogP contribution in [0.15, 0.2) is 23.8 Å². The van der Waals surface area contributed by atoms with Crippen molar-refractivity contribution >= 4 is 34.0 Å². The molecule has 0 amide bonds. The highest BCUT2D eigenvalue weighted by Gasteiger charge is 2.12. The molecule has 0 saturated heterocycles. The molecule has 0 spiro atoms. The van der Waals surface area contributed by atoms with Gasteiger partial charge in [0.15, 0.2) is 0 Å². The summed E-state index contributed by atoms with van der Waals surface area (Å²) in [6, 6.07) is 0. The maximum atomic E-state index is 10.8. The molecule has 58 valence electrons. The molecule has 1 aliphatic carbocycles. The fourth-order valence-corrected chi connectivity index (χ4v) is 1.49. The van der Waals surface area contributed by atoms with Gasteiger partial charge in [-0.1, -0.05) is 16.9 Å². The van der Waals surface area contributed by atoms with E-state index in [-0.39, 0.29) is 0 Å². The summed E-state index contributed by atoms with van der Waals surface area (Å²) < 4.78 is 0. The van der Waals surface area contributed by atoms with Gasteiger partial charge < -0.3 is 0 Å². The number of allylic oxidation sites excluding steroid dienone is 3. The maximum Gasteiger partial charge on any atom is 0.226 e. The van der Waals surface area contributed by atoms with Gasteiger partial charge in [0.1, 0.15) is 0 Å². The normalized spacial score (nSPS) is 17.0. The molecule has 0 aliphatic heterocycles. The van der Waals surface area contributed by atoms with Crippen molar-refractivity contribution in [1.29, 1.82) is 0 Å². The molecule has 2 nitrogen and oxygen atoms in total. The van der Waals surface area contributed by atoms with Crippen molar-refractivity contribution in [1.82, 2.24) is 0 Å². The second-order valence-electron chi connectivity index (χ2n) is 2.05. The molecule has 0 radical (unpaired) electrons. The summed E-state index contributed by atoms with van der Waals surface area (Å²) in [6.45, 7) is 0. The molecule has 11 heavy (non-hydrogen) atoms. The van der Waals surface area contributed by atoms with Crippen LogP contribution in [0.2, 0.25) is 0 Å². The predicted octanol–water partition coefficient (Wildman–Crippen LogP) is 1.20. The fraction of sp³-hybridized carbons (Fsp3) is 0.143. The van der Waals surface area contributed by atoms with Crippen molar-refractivity contribution in [2.24, 2.45) is 0 Å². The van der Waals surface area contributed by atoms with Crippen LogP contribution in [0.5, 0.6) is 0 Å². The van der Waals surface area contributed by atoms with Crippen molar-refractivity contribution in [3.8, 4) is 0 Å². The summed E-state index contributed by atoms with van der Waals surface area (Å²) in [6.07, 6.45) is 4.29. The molecule has 0 N–H and O–H groups in total. The quantitative estimate of drug-likeness (QED) is 0.304. The van der Waals surface area contributed by atoms with Crippen molar-refractivity contribution in [3.63, 3.8) is 0 Å². The molecule has 0 saturated carbocycles. The summed E-state index contributed by atoms with van der Waals surface area (Å²) in [5, 5.41) is 0. The number of rotatable bonds is 2. The van der Waals surface area contributed by atoms with Gasteiger partial charge in [-0.15, -0.1) is 11.7 Å². The summed E-state index contributed by atoms with van der Waals surface area (Å²) in [7, 11) is 1.32. The van der Waals surface area contributed by atoms with E-state index in [4.69, 9.17) is 0 Å². The lowest BCUT2D eigenvalue weighted by molar-refractivity contribution is -0.131. The monoisotopic (exact) mass is 186 g/mol. The Morgan fingerprint density at radius 1 is 1.27 bits per heavy atom. The van der Waals surface area contributed by atoms with Crippen LogP contribution in [0.1, 0.15) is 0 Å². The summed E-state index contributed by atoms with van der Waals surface area (Å²) in [4.78, 5) is 21.4. The van der Waals surface area contributed by atoms with Gasteiger partial charge in [-0.05, 0) is 17.7 Å². The number of carbonyl (C=O) groups is 2. The van der Waals surface area contributed by atoms with E-state index in [9.17, 15) is 9.59 Å². The molecule has 1 aliphatic rings. The zero-order valence-corrected chi connectivity index (χ0v) is 7.32. The lowest BCUT2D eigenvalue weighted by atomic mass is 10.1. The van der Waals surface area contributed by atoms with Crippen LogP contribution in [0, 0.1) is 0 Å². The minimum Gasteiger partial charge on any atom is -0.286 e. The summed E-state index contributed by atoms with van der Waals surface area (Å²) in [5.41, 5.74) is 0.842. The van der Waals surface area contributed by atoms with Gasteiger partial charge >= 0.3 is 0 Å². The van der Waals surface area contributed by atoms with Gasteiger partial charge in [-0.25, -0.2) is 0 Å². The number of hydrogen-bond donors (Lipinski definition) is 1. The minimum absolute atomic E-state index is 0.440. The largest absolute Gasteiger partial charge is 0.286 e. The Hall–Kier alpha value is -0.480. The van der Waals surface area contributed by atoms with Crippen LogP contribution < -0.4 is 0 Å². The number of ketones is 2. The van der Waals surface area contributed by atoms with Crippen LogP contribution in [0.4, 0.5) is 0 Å². The van der Waals surface area contributed by atoms with E-state index in [1.54, 1.807) is 6.08 Å². The van der Waals surface area contributed by atoms with Crippen LogP contribution in [-0.4, -0.2) is 17.3 Å². The first-order valence-electron chi connectivity index (χ1n) is 2.97. The van der Waals surface area contributed by atoms with Gasteiger partial charge in [0.05, 0.1) is 0 Å². The standard InChI is InChI=1S/C7H6O2S2/c8-6-2-1-5(4-11-10)3-7(6)9/h1-3,10H,4H2. The maximum absolute atomic E-state index is 10.8. The number of carbonyl (C=O) groups excluding carboxylic acids is 2. The van der Waals surface area contributed by atoms with E-state index in [2.05, 4.69) is 11.7 Å². The van der Waals surface area contributed by atoms with Crippen molar-refractivity contribution in [3.05, 3.63) is 23.8 Å². The molecule has 0 unspecified atom stereocenters. The minimum atomic E-state index is -0.446. The number of hydrogen-bond acceptors (Lipinski definition) is 4. The average molecular weight is 186 g/mol. The van der Waals surface area contributed by atoms with Crippen molar-refractivity contribution in [2.45, 2.75) is 0 Å². The van der Waals surface area contributed by atoms with Crippen molar-refractivity contribution < 1.29 is 9.59 Å². The third kappa shape index (κ3) is 2.24. The predicted molar refractivity (Wildman–Crippen MR) is 48.7 cm³/mol. The average Bonchev–Trinajstić information content (AvgIpc) is 1.98. The third-order valence-electron chi connectivity index (χ3n) is 1.24. The topological polar surface area (TPSA) is 34.1 Å². The summed E-state index contributed by atoms with van der Waals surface area (Å²) in [5.74, 6) is -0.235. The molecule has 0 fully saturated rings. The highest BCUT2D eigenvalue weighted by molar-refractivity contribution is 8.68. The second-order valence-corrected chi connectivity index (χ2v) is 3.38. The zero-order chi connectivity index (χ0) is 8.27. The van der Waals surface area contributed by atoms with Crippen LogP contribution in [0.3, 0.4) is 0 Å². The Balaban J connectivity index is 2.72. The lowest BCUT2D eigenvalue weighted by Gasteiger charge is -2.01. The first-order chi connectivity index (χ1) is 5.24. The van der Waals surface area contributed by atoms with E-state index >= 15 is 0 Å². The van der Waals surface area contributed by atoms with E-state index in [1.807, 2.05) is 0 Å². The molecular weight excluding hydrogens is 180 g/mol. The molecule has 1 rings (SSSR count). The van der Waals surface area contributed by atoms with Gasteiger partial charge in [0, 0.05) is 5.75 Å². The van der Waals surface area contributed by atoms with Gasteiger partial charge in [0.25, 0.3) is 0 Å². The zero-order valence-electron chi connectivity index (χ0n) is 5.61. The molecule has 0 aromatic rings. The molecule has 0 heterocycles. The smallest absolute Gasteiger partial charge is 0.226 e. The Bertz CT molecular complexity index is 253. The third-order valence-corrected chi connectivity index (χ3v) is 2.09. The molecule has 0 atom stereocenters. The highest BCUT2D eigenvalue weighted by atomic mass is 33.1. The first kappa shape index (κ1) is 8.62. The SMILES string of the molecule is O=C1C=CC(CSS)=CC1=O. The highest BCUT2D eigenvalue weighted by Crippen LogP contribution is 2.14. The molecule has 0 bridgehead atoms. The molecular formula is C7H6O2S2. The van der Waals surface area contributed by atoms with E-state index < -0.39 is 11.6 Å². The van der Waals surface area contributed by atoms with E-state index in [0.717, 1.165) is 5.57 Å². The fourth-order valence-electron chi connectivity index (χ4n) is 0.717. The van der Waals surface area contributed by atoms with Gasteiger partial charge in [0.2, 0.25) is 11.6 Å². The second kappa shape index (κ2) is 3.78. The van der Waals surface area contributed by atoms with Crippen LogP contribution in [0.25, 0.3) is 0 Å². The molecule has 0 aromatic carbocycles. The van der Waals surface area contributed by atoms with E-state index in [0.29, 0.717) is 5.75 Å². The van der Waals surface area contributed by atoms with Gasteiger partial charge in [-0.3, -0.25) is 9.59 Å². The van der Waals surface area contributed by atoms with Crippen molar-refractivity contribution in [2.75, 3.05) is 5.75 Å². The van der Waals surface area contributed by atoms with Crippen LogP contribution >= 0.6 is 22.5 Å². The Labute approximate surface area is 73.5 Å². The first-order valence-corrected chi connectivity index (χ1v) is 5.01. The van der Waals surface area contributed by atoms with E-state index in [1.165, 1.54) is 22.9 Å². The molecule has 4 heteroatoms. The Morgan fingerprint density at radius 3 is 2.55 bits per heavy atom. The Kier molecular flexibility index (Phi) is 2.96. The molecule has 0 aromatic heterocycles. The van der Waals surface area contributed by atoms with Crippen LogP contribution in [-0.2, 0) is 9.59 Å². The summed E-state index contributed by atoms with van der Waals surface area (Å²) >= 11 is 3.93. The van der Waals surface area contributed by atoms with Gasteiger partial charge in [-0.2, -0.15) is 0 Å². The number of thiol groups is 1.